The fourth-order valence-electron chi connectivity index (χ4n) is 1.64. The van der Waals surface area contributed by atoms with Gasteiger partial charge in [-0.1, -0.05) is 20.8 Å². The normalized spacial score (nSPS) is 14.9. The van der Waals surface area contributed by atoms with E-state index in [2.05, 4.69) is 36.1 Å². The summed E-state index contributed by atoms with van der Waals surface area (Å²) >= 11 is 0. The van der Waals surface area contributed by atoms with Crippen LogP contribution in [-0.2, 0) is 0 Å². The summed E-state index contributed by atoms with van der Waals surface area (Å²) in [4.78, 5) is 9.06. The van der Waals surface area contributed by atoms with Crippen LogP contribution in [-0.4, -0.2) is 23.1 Å². The third-order valence-electron chi connectivity index (χ3n) is 2.78. The smallest absolute Gasteiger partial charge is 0.218 e. The number of ether oxygens (including phenoxy) is 1. The summed E-state index contributed by atoms with van der Waals surface area (Å²) in [7, 11) is 0. The van der Waals surface area contributed by atoms with Gasteiger partial charge >= 0.3 is 0 Å². The minimum absolute atomic E-state index is 0.511. The van der Waals surface area contributed by atoms with Gasteiger partial charge < -0.3 is 10.1 Å². The first-order valence-corrected chi connectivity index (χ1v) is 6.94. The maximum atomic E-state index is 5.72. The lowest BCUT2D eigenvalue weighted by Crippen LogP contribution is -2.09. The number of hydrogen-bond acceptors (Lipinski definition) is 4. The Morgan fingerprint density at radius 2 is 2.17 bits per heavy atom. The van der Waals surface area contributed by atoms with Crippen molar-refractivity contribution in [3.63, 3.8) is 0 Å². The highest BCUT2D eigenvalue weighted by molar-refractivity contribution is 5.39. The van der Waals surface area contributed by atoms with Crippen LogP contribution in [0, 0.1) is 5.92 Å². The standard InChI is InChI=1S/C14H23N3O/c1-4-7-15-12-8-13(18-9-10(2)3)17-14(16-12)11-5-6-11/h8,10-11H,4-7,9H2,1-3H3,(H,15,16,17). The van der Waals surface area contributed by atoms with Gasteiger partial charge in [-0.3, -0.25) is 0 Å². The van der Waals surface area contributed by atoms with Gasteiger partial charge in [0.1, 0.15) is 11.6 Å². The summed E-state index contributed by atoms with van der Waals surface area (Å²) < 4.78 is 5.72. The molecule has 0 spiro atoms. The molecular weight excluding hydrogens is 226 g/mol. The molecule has 1 aliphatic carbocycles. The van der Waals surface area contributed by atoms with Gasteiger partial charge in [0.25, 0.3) is 0 Å². The molecule has 0 unspecified atom stereocenters. The van der Waals surface area contributed by atoms with Gasteiger partial charge in [-0.15, -0.1) is 0 Å². The van der Waals surface area contributed by atoms with E-state index in [4.69, 9.17) is 4.74 Å². The van der Waals surface area contributed by atoms with Gasteiger partial charge in [0.2, 0.25) is 5.88 Å². The Balaban J connectivity index is 2.08. The number of nitrogens with zero attached hydrogens (tertiary/aromatic N) is 2. The second-order valence-corrected chi connectivity index (χ2v) is 5.36. The minimum atomic E-state index is 0.511. The van der Waals surface area contributed by atoms with E-state index in [-0.39, 0.29) is 0 Å². The molecule has 18 heavy (non-hydrogen) atoms. The average Bonchev–Trinajstić information content (AvgIpc) is 3.18. The quantitative estimate of drug-likeness (QED) is 0.806. The van der Waals surface area contributed by atoms with Crippen LogP contribution in [0.4, 0.5) is 5.82 Å². The van der Waals surface area contributed by atoms with Crippen molar-refractivity contribution in [2.45, 2.75) is 46.0 Å². The molecule has 4 heteroatoms. The number of anilines is 1. The average molecular weight is 249 g/mol. The first-order chi connectivity index (χ1) is 8.69. The van der Waals surface area contributed by atoms with E-state index in [1.165, 1.54) is 12.8 Å². The Morgan fingerprint density at radius 3 is 2.78 bits per heavy atom. The van der Waals surface area contributed by atoms with Crippen LogP contribution in [0.2, 0.25) is 0 Å². The molecule has 0 atom stereocenters. The number of aromatic nitrogens is 2. The van der Waals surface area contributed by atoms with E-state index in [1.807, 2.05) is 6.07 Å². The number of rotatable bonds is 7. The molecule has 100 valence electrons. The molecule has 2 rings (SSSR count). The summed E-state index contributed by atoms with van der Waals surface area (Å²) in [5.74, 6) is 3.60. The van der Waals surface area contributed by atoms with E-state index in [0.717, 1.165) is 24.6 Å². The summed E-state index contributed by atoms with van der Waals surface area (Å²) in [6, 6.07) is 1.91. The fraction of sp³-hybridized carbons (Fsp3) is 0.714. The van der Waals surface area contributed by atoms with Crippen molar-refractivity contribution in [2.75, 3.05) is 18.5 Å². The minimum Gasteiger partial charge on any atom is -0.477 e. The Morgan fingerprint density at radius 1 is 1.39 bits per heavy atom. The lowest BCUT2D eigenvalue weighted by atomic mass is 10.2. The molecule has 0 aromatic carbocycles. The molecule has 1 aromatic heterocycles. The molecule has 1 N–H and O–H groups in total. The van der Waals surface area contributed by atoms with Gasteiger partial charge in [0.15, 0.2) is 0 Å². The second-order valence-electron chi connectivity index (χ2n) is 5.36. The first kappa shape index (κ1) is 13.1. The molecule has 0 bridgehead atoms. The lowest BCUT2D eigenvalue weighted by molar-refractivity contribution is 0.260. The van der Waals surface area contributed by atoms with Crippen molar-refractivity contribution >= 4 is 5.82 Å². The van der Waals surface area contributed by atoms with Crippen LogP contribution in [0.3, 0.4) is 0 Å². The molecule has 0 radical (unpaired) electrons. The zero-order valence-electron chi connectivity index (χ0n) is 11.6. The molecule has 1 saturated carbocycles. The van der Waals surface area contributed by atoms with Crippen molar-refractivity contribution < 1.29 is 4.74 Å². The van der Waals surface area contributed by atoms with E-state index in [9.17, 15) is 0 Å². The van der Waals surface area contributed by atoms with Crippen LogP contribution in [0.25, 0.3) is 0 Å². The van der Waals surface area contributed by atoms with E-state index < -0.39 is 0 Å². The number of nitrogens with one attached hydrogen (secondary N) is 1. The summed E-state index contributed by atoms with van der Waals surface area (Å²) in [5.41, 5.74) is 0. The van der Waals surface area contributed by atoms with Crippen molar-refractivity contribution in [1.82, 2.24) is 9.97 Å². The zero-order chi connectivity index (χ0) is 13.0. The van der Waals surface area contributed by atoms with E-state index >= 15 is 0 Å². The lowest BCUT2D eigenvalue weighted by Gasteiger charge is -2.11. The molecule has 4 nitrogen and oxygen atoms in total. The van der Waals surface area contributed by atoms with Crippen molar-refractivity contribution in [3.05, 3.63) is 11.9 Å². The van der Waals surface area contributed by atoms with Crippen LogP contribution in [0.1, 0.15) is 51.8 Å². The van der Waals surface area contributed by atoms with Gasteiger partial charge in [0.05, 0.1) is 6.61 Å². The molecule has 0 saturated heterocycles. The SMILES string of the molecule is CCCNc1cc(OCC(C)C)nc(C2CC2)n1. The van der Waals surface area contributed by atoms with Crippen LogP contribution < -0.4 is 10.1 Å². The predicted octanol–water partition coefficient (Wildman–Crippen LogP) is 3.21. The molecule has 0 aliphatic heterocycles. The van der Waals surface area contributed by atoms with E-state index in [0.29, 0.717) is 24.3 Å². The fourth-order valence-corrected chi connectivity index (χ4v) is 1.64. The van der Waals surface area contributed by atoms with Crippen molar-refractivity contribution in [3.8, 4) is 5.88 Å². The molecule has 1 heterocycles. The Kier molecular flexibility index (Phi) is 4.39. The molecule has 0 amide bonds. The molecular formula is C14H23N3O. The monoisotopic (exact) mass is 249 g/mol. The Bertz CT molecular complexity index is 389. The topological polar surface area (TPSA) is 47.0 Å². The highest BCUT2D eigenvalue weighted by Gasteiger charge is 2.27. The number of hydrogen-bond donors (Lipinski definition) is 1. The zero-order valence-corrected chi connectivity index (χ0v) is 11.6. The van der Waals surface area contributed by atoms with Gasteiger partial charge in [-0.2, -0.15) is 4.98 Å². The highest BCUT2D eigenvalue weighted by atomic mass is 16.5. The van der Waals surface area contributed by atoms with Crippen molar-refractivity contribution in [2.24, 2.45) is 5.92 Å². The summed E-state index contributed by atoms with van der Waals surface area (Å²) in [6.07, 6.45) is 3.51. The molecule has 1 aromatic rings. The largest absolute Gasteiger partial charge is 0.477 e. The second kappa shape index (κ2) is 6.03. The summed E-state index contributed by atoms with van der Waals surface area (Å²) in [6.45, 7) is 8.06. The highest BCUT2D eigenvalue weighted by Crippen LogP contribution is 2.39. The Labute approximate surface area is 109 Å². The molecule has 1 fully saturated rings. The Hall–Kier alpha value is -1.32. The predicted molar refractivity (Wildman–Crippen MR) is 73.1 cm³/mol. The third-order valence-corrected chi connectivity index (χ3v) is 2.78. The van der Waals surface area contributed by atoms with Crippen molar-refractivity contribution in [1.29, 1.82) is 0 Å². The first-order valence-electron chi connectivity index (χ1n) is 6.94. The van der Waals surface area contributed by atoms with Gasteiger partial charge in [-0.25, -0.2) is 4.98 Å². The maximum absolute atomic E-state index is 5.72. The molecule has 1 aliphatic rings. The van der Waals surface area contributed by atoms with Crippen LogP contribution >= 0.6 is 0 Å². The summed E-state index contributed by atoms with van der Waals surface area (Å²) in [5, 5.41) is 3.31. The van der Waals surface area contributed by atoms with Gasteiger partial charge in [0, 0.05) is 18.5 Å². The van der Waals surface area contributed by atoms with Crippen LogP contribution in [0.15, 0.2) is 6.07 Å². The maximum Gasteiger partial charge on any atom is 0.218 e. The van der Waals surface area contributed by atoms with Crippen LogP contribution in [0.5, 0.6) is 5.88 Å². The van der Waals surface area contributed by atoms with Gasteiger partial charge in [-0.05, 0) is 25.2 Å². The van der Waals surface area contributed by atoms with E-state index in [1.54, 1.807) is 0 Å². The third kappa shape index (κ3) is 3.86.